The van der Waals surface area contributed by atoms with Gasteiger partial charge in [-0.3, -0.25) is 0 Å². The third-order valence-electron chi connectivity index (χ3n) is 2.75. The predicted molar refractivity (Wildman–Crippen MR) is 66.5 cm³/mol. The maximum atomic E-state index is 9.71. The summed E-state index contributed by atoms with van der Waals surface area (Å²) in [4.78, 5) is 0. The van der Waals surface area contributed by atoms with E-state index in [2.05, 4.69) is 6.92 Å². The lowest BCUT2D eigenvalue weighted by atomic mass is 9.94. The summed E-state index contributed by atoms with van der Waals surface area (Å²) >= 11 is 0. The Hall–Kier alpha value is -0.120. The van der Waals surface area contributed by atoms with Gasteiger partial charge in [-0.25, -0.2) is 0 Å². The van der Waals surface area contributed by atoms with Gasteiger partial charge in [0.25, 0.3) is 0 Å². The molecule has 0 aliphatic rings. The second kappa shape index (κ2) is 5.99. The largest absolute Gasteiger partial charge is 0.393 e. The quantitative estimate of drug-likeness (QED) is 0.709. The molecule has 0 spiro atoms. The molecular formula is C13H28O3. The minimum absolute atomic E-state index is 0.0105. The molecule has 0 aromatic carbocycles. The van der Waals surface area contributed by atoms with Crippen LogP contribution in [0.5, 0.6) is 0 Å². The Labute approximate surface area is 99.8 Å². The molecule has 0 heterocycles. The van der Waals surface area contributed by atoms with Crippen molar-refractivity contribution in [3.05, 3.63) is 0 Å². The van der Waals surface area contributed by atoms with E-state index in [1.807, 2.05) is 13.8 Å². The minimum Gasteiger partial charge on any atom is -0.393 e. The van der Waals surface area contributed by atoms with Gasteiger partial charge in [-0.05, 0) is 41.0 Å². The first-order valence-corrected chi connectivity index (χ1v) is 6.16. The molecule has 0 fully saturated rings. The highest BCUT2D eigenvalue weighted by atomic mass is 16.5. The minimum atomic E-state index is -0.709. The highest BCUT2D eigenvalue weighted by Crippen LogP contribution is 2.26. The Morgan fingerprint density at radius 1 is 1.12 bits per heavy atom. The predicted octanol–water partition coefficient (Wildman–Crippen LogP) is 2.49. The summed E-state index contributed by atoms with van der Waals surface area (Å²) in [6.45, 7) is 11.4. The highest BCUT2D eigenvalue weighted by Gasteiger charge is 2.29. The molecule has 0 aromatic rings. The van der Waals surface area contributed by atoms with Crippen LogP contribution in [0.4, 0.5) is 0 Å². The molecule has 0 saturated heterocycles. The van der Waals surface area contributed by atoms with Crippen molar-refractivity contribution >= 4 is 0 Å². The molecule has 0 aromatic heterocycles. The Kier molecular flexibility index (Phi) is 5.94. The second-order valence-corrected chi connectivity index (χ2v) is 5.80. The summed E-state index contributed by atoms with van der Waals surface area (Å²) in [6.07, 6.45) is 1.71. The van der Waals surface area contributed by atoms with Gasteiger partial charge in [0, 0.05) is 12.8 Å². The number of hydrogen-bond acceptors (Lipinski definition) is 3. The third-order valence-corrected chi connectivity index (χ3v) is 2.75. The summed E-state index contributed by atoms with van der Waals surface area (Å²) in [5.41, 5.74) is -1.02. The lowest BCUT2D eigenvalue weighted by molar-refractivity contribution is -0.117. The van der Waals surface area contributed by atoms with Crippen molar-refractivity contribution < 1.29 is 14.9 Å². The van der Waals surface area contributed by atoms with Crippen molar-refractivity contribution in [1.29, 1.82) is 0 Å². The van der Waals surface area contributed by atoms with Crippen LogP contribution in [0.15, 0.2) is 0 Å². The van der Waals surface area contributed by atoms with Crippen LogP contribution in [0.3, 0.4) is 0 Å². The van der Waals surface area contributed by atoms with E-state index in [-0.39, 0.29) is 17.8 Å². The molecule has 0 aliphatic carbocycles. The van der Waals surface area contributed by atoms with Crippen LogP contribution in [0.25, 0.3) is 0 Å². The molecule has 3 atom stereocenters. The second-order valence-electron chi connectivity index (χ2n) is 5.80. The van der Waals surface area contributed by atoms with E-state index in [0.29, 0.717) is 12.8 Å². The van der Waals surface area contributed by atoms with Crippen LogP contribution in [0.1, 0.15) is 60.8 Å². The highest BCUT2D eigenvalue weighted by molar-refractivity contribution is 4.79. The lowest BCUT2D eigenvalue weighted by Crippen LogP contribution is -2.37. The van der Waals surface area contributed by atoms with Crippen molar-refractivity contribution in [2.24, 2.45) is 0 Å². The molecule has 0 rings (SSSR count). The molecule has 0 bridgehead atoms. The van der Waals surface area contributed by atoms with E-state index in [1.165, 1.54) is 0 Å². The lowest BCUT2D eigenvalue weighted by Gasteiger charge is -2.35. The van der Waals surface area contributed by atoms with Crippen molar-refractivity contribution in [1.82, 2.24) is 0 Å². The molecule has 98 valence electrons. The van der Waals surface area contributed by atoms with E-state index in [9.17, 15) is 10.2 Å². The van der Waals surface area contributed by atoms with E-state index < -0.39 is 5.60 Å². The van der Waals surface area contributed by atoms with Crippen LogP contribution < -0.4 is 0 Å². The van der Waals surface area contributed by atoms with Gasteiger partial charge in [-0.15, -0.1) is 0 Å². The van der Waals surface area contributed by atoms with Gasteiger partial charge in [-0.2, -0.15) is 0 Å². The van der Waals surface area contributed by atoms with Crippen LogP contribution in [-0.2, 0) is 4.74 Å². The molecule has 3 unspecified atom stereocenters. The van der Waals surface area contributed by atoms with Gasteiger partial charge < -0.3 is 14.9 Å². The first kappa shape index (κ1) is 15.9. The monoisotopic (exact) mass is 232 g/mol. The van der Waals surface area contributed by atoms with Crippen LogP contribution in [0, 0.1) is 0 Å². The standard InChI is InChI=1S/C13H28O3/c1-7-13(6,8-10(2)14)16-11(3)9-12(4,5)15/h10-11,14-15H,7-9H2,1-6H3. The van der Waals surface area contributed by atoms with Gasteiger partial charge in [0.2, 0.25) is 0 Å². The number of rotatable bonds is 7. The third kappa shape index (κ3) is 7.20. The van der Waals surface area contributed by atoms with Gasteiger partial charge >= 0.3 is 0 Å². The van der Waals surface area contributed by atoms with Crippen molar-refractivity contribution in [2.75, 3.05) is 0 Å². The van der Waals surface area contributed by atoms with Crippen molar-refractivity contribution in [3.63, 3.8) is 0 Å². The maximum absolute atomic E-state index is 9.71. The van der Waals surface area contributed by atoms with E-state index in [4.69, 9.17) is 4.74 Å². The fourth-order valence-electron chi connectivity index (χ4n) is 2.13. The molecule has 0 saturated carbocycles. The van der Waals surface area contributed by atoms with E-state index in [1.54, 1.807) is 20.8 Å². The fourth-order valence-corrected chi connectivity index (χ4v) is 2.13. The maximum Gasteiger partial charge on any atom is 0.0680 e. The molecule has 0 radical (unpaired) electrons. The van der Waals surface area contributed by atoms with Crippen LogP contribution in [-0.4, -0.2) is 33.6 Å². The number of hydrogen-bond donors (Lipinski definition) is 2. The Morgan fingerprint density at radius 2 is 1.62 bits per heavy atom. The molecule has 0 amide bonds. The SMILES string of the molecule is CCC(C)(CC(C)O)OC(C)CC(C)(C)O. The Balaban J connectivity index is 4.30. The molecule has 2 N–H and O–H groups in total. The van der Waals surface area contributed by atoms with Gasteiger partial charge in [0.1, 0.15) is 0 Å². The molecular weight excluding hydrogens is 204 g/mol. The molecule has 3 nitrogen and oxygen atoms in total. The summed E-state index contributed by atoms with van der Waals surface area (Å²) in [5, 5.41) is 19.1. The summed E-state index contributed by atoms with van der Waals surface area (Å²) in [7, 11) is 0. The average molecular weight is 232 g/mol. The normalized spacial score (nSPS) is 20.2. The van der Waals surface area contributed by atoms with Gasteiger partial charge in [-0.1, -0.05) is 6.92 Å². The fraction of sp³-hybridized carbons (Fsp3) is 1.00. The van der Waals surface area contributed by atoms with E-state index >= 15 is 0 Å². The number of ether oxygens (including phenoxy) is 1. The van der Waals surface area contributed by atoms with Gasteiger partial charge in [0.05, 0.1) is 23.4 Å². The molecule has 3 heteroatoms. The van der Waals surface area contributed by atoms with Gasteiger partial charge in [0.15, 0.2) is 0 Å². The topological polar surface area (TPSA) is 49.7 Å². The number of aliphatic hydroxyl groups is 2. The van der Waals surface area contributed by atoms with Crippen molar-refractivity contribution in [3.8, 4) is 0 Å². The Morgan fingerprint density at radius 3 is 1.94 bits per heavy atom. The molecule has 0 aliphatic heterocycles. The summed E-state index contributed by atoms with van der Waals surface area (Å²) in [6, 6.07) is 0. The average Bonchev–Trinajstić information content (AvgIpc) is 1.98. The summed E-state index contributed by atoms with van der Waals surface area (Å²) in [5.74, 6) is 0. The summed E-state index contributed by atoms with van der Waals surface area (Å²) < 4.78 is 5.95. The number of aliphatic hydroxyl groups excluding tert-OH is 1. The van der Waals surface area contributed by atoms with Crippen molar-refractivity contribution in [2.45, 2.75) is 84.2 Å². The first-order chi connectivity index (χ1) is 7.08. The molecule has 16 heavy (non-hydrogen) atoms. The van der Waals surface area contributed by atoms with E-state index in [0.717, 1.165) is 6.42 Å². The van der Waals surface area contributed by atoms with Crippen LogP contribution in [0.2, 0.25) is 0 Å². The zero-order chi connectivity index (χ0) is 13.0. The smallest absolute Gasteiger partial charge is 0.0680 e. The van der Waals surface area contributed by atoms with Crippen LogP contribution >= 0.6 is 0 Å². The first-order valence-electron chi connectivity index (χ1n) is 6.16. The Bertz CT molecular complexity index is 196. The zero-order valence-corrected chi connectivity index (χ0v) is 11.6. The zero-order valence-electron chi connectivity index (χ0n) is 11.6.